The molecule has 0 spiro atoms. The van der Waals surface area contributed by atoms with Crippen LogP contribution in [0.1, 0.15) is 6.92 Å². The predicted molar refractivity (Wildman–Crippen MR) is 69.6 cm³/mol. The van der Waals surface area contributed by atoms with E-state index in [-0.39, 0.29) is 0 Å². The van der Waals surface area contributed by atoms with Crippen LogP contribution in [-0.2, 0) is 0 Å². The molecule has 0 saturated carbocycles. The normalized spacial score (nSPS) is 10.7. The summed E-state index contributed by atoms with van der Waals surface area (Å²) in [6.45, 7) is 2.62. The molecule has 0 N–H and O–H groups in total. The molecule has 4 nitrogen and oxygen atoms in total. The van der Waals surface area contributed by atoms with Gasteiger partial charge in [0.05, 0.1) is 12.3 Å². The van der Waals surface area contributed by atoms with Crippen molar-refractivity contribution in [1.82, 2.24) is 14.4 Å². The van der Waals surface area contributed by atoms with Crippen LogP contribution >= 0.6 is 0 Å². The molecule has 4 heteroatoms. The minimum atomic E-state index is 0.642. The maximum Gasteiger partial charge on any atom is 0.234 e. The molecule has 90 valence electrons. The van der Waals surface area contributed by atoms with Gasteiger partial charge in [-0.25, -0.2) is 9.97 Å². The average Bonchev–Trinajstić information content (AvgIpc) is 2.83. The SMILES string of the molecule is CCOc1ccccc1-c1cn2cccnc2n1. The molecule has 0 saturated heterocycles. The fourth-order valence-electron chi connectivity index (χ4n) is 1.92. The molecule has 0 atom stereocenters. The van der Waals surface area contributed by atoms with Crippen molar-refractivity contribution in [1.29, 1.82) is 0 Å². The van der Waals surface area contributed by atoms with E-state index in [9.17, 15) is 0 Å². The number of fused-ring (bicyclic) bond motifs is 1. The van der Waals surface area contributed by atoms with E-state index in [2.05, 4.69) is 9.97 Å². The molecule has 0 bridgehead atoms. The van der Waals surface area contributed by atoms with Crippen molar-refractivity contribution in [3.63, 3.8) is 0 Å². The zero-order valence-electron chi connectivity index (χ0n) is 10.1. The molecular formula is C14H13N3O. The van der Waals surface area contributed by atoms with Crippen molar-refractivity contribution >= 4 is 5.78 Å². The van der Waals surface area contributed by atoms with Gasteiger partial charge in [-0.3, -0.25) is 4.40 Å². The molecule has 3 aromatic rings. The van der Waals surface area contributed by atoms with E-state index >= 15 is 0 Å². The number of nitrogens with zero attached hydrogens (tertiary/aromatic N) is 3. The number of aromatic nitrogens is 3. The molecular weight excluding hydrogens is 226 g/mol. The summed E-state index contributed by atoms with van der Waals surface area (Å²) in [5, 5.41) is 0. The number of hydrogen-bond donors (Lipinski definition) is 0. The number of ether oxygens (including phenoxy) is 1. The van der Waals surface area contributed by atoms with Crippen LogP contribution in [-0.4, -0.2) is 21.0 Å². The highest BCUT2D eigenvalue weighted by molar-refractivity contribution is 5.68. The van der Waals surface area contributed by atoms with Crippen LogP contribution in [0.5, 0.6) is 5.75 Å². The van der Waals surface area contributed by atoms with Gasteiger partial charge in [-0.2, -0.15) is 0 Å². The second kappa shape index (κ2) is 4.49. The van der Waals surface area contributed by atoms with Crippen LogP contribution < -0.4 is 4.74 Å². The zero-order valence-corrected chi connectivity index (χ0v) is 10.1. The van der Waals surface area contributed by atoms with E-state index in [1.807, 2.05) is 54.0 Å². The number of rotatable bonds is 3. The van der Waals surface area contributed by atoms with Crippen molar-refractivity contribution in [3.05, 3.63) is 48.9 Å². The summed E-state index contributed by atoms with van der Waals surface area (Å²) in [6, 6.07) is 9.79. The number of imidazole rings is 1. The van der Waals surface area contributed by atoms with Gasteiger partial charge in [0.25, 0.3) is 0 Å². The molecule has 18 heavy (non-hydrogen) atoms. The number of benzene rings is 1. The van der Waals surface area contributed by atoms with E-state index in [1.165, 1.54) is 0 Å². The lowest BCUT2D eigenvalue weighted by Gasteiger charge is -2.07. The molecule has 0 aliphatic heterocycles. The first-order chi connectivity index (χ1) is 8.88. The lowest BCUT2D eigenvalue weighted by molar-refractivity contribution is 0.341. The van der Waals surface area contributed by atoms with Crippen LogP contribution in [0, 0.1) is 0 Å². The fraction of sp³-hybridized carbons (Fsp3) is 0.143. The fourth-order valence-corrected chi connectivity index (χ4v) is 1.92. The smallest absolute Gasteiger partial charge is 0.234 e. The Labute approximate surface area is 105 Å². The Kier molecular flexibility index (Phi) is 2.68. The lowest BCUT2D eigenvalue weighted by atomic mass is 10.1. The monoisotopic (exact) mass is 239 g/mol. The highest BCUT2D eigenvalue weighted by Gasteiger charge is 2.09. The van der Waals surface area contributed by atoms with E-state index in [0.29, 0.717) is 12.4 Å². The summed E-state index contributed by atoms with van der Waals surface area (Å²) in [5.41, 5.74) is 1.86. The second-order valence-corrected chi connectivity index (χ2v) is 3.88. The van der Waals surface area contributed by atoms with Crippen molar-refractivity contribution in [2.75, 3.05) is 6.61 Å². The quantitative estimate of drug-likeness (QED) is 0.705. The molecule has 0 amide bonds. The summed E-state index contributed by atoms with van der Waals surface area (Å²) < 4.78 is 7.52. The summed E-state index contributed by atoms with van der Waals surface area (Å²) in [4.78, 5) is 8.71. The van der Waals surface area contributed by atoms with Gasteiger partial charge in [-0.1, -0.05) is 12.1 Å². The van der Waals surface area contributed by atoms with Gasteiger partial charge in [0.1, 0.15) is 5.75 Å². The maximum absolute atomic E-state index is 5.62. The van der Waals surface area contributed by atoms with Crippen molar-refractivity contribution in [2.24, 2.45) is 0 Å². The molecule has 1 aromatic carbocycles. The Morgan fingerprint density at radius 3 is 2.94 bits per heavy atom. The molecule has 2 heterocycles. The summed E-state index contributed by atoms with van der Waals surface area (Å²) in [6.07, 6.45) is 5.63. The predicted octanol–water partition coefficient (Wildman–Crippen LogP) is 2.80. The maximum atomic E-state index is 5.62. The van der Waals surface area contributed by atoms with Gasteiger partial charge >= 0.3 is 0 Å². The minimum absolute atomic E-state index is 0.642. The van der Waals surface area contributed by atoms with Gasteiger partial charge in [-0.05, 0) is 25.1 Å². The molecule has 2 aromatic heterocycles. The first kappa shape index (κ1) is 10.8. The lowest BCUT2D eigenvalue weighted by Crippen LogP contribution is -1.93. The topological polar surface area (TPSA) is 39.4 Å². The standard InChI is InChI=1S/C14H13N3O/c1-2-18-13-7-4-3-6-11(13)12-10-17-9-5-8-15-14(17)16-12/h3-10H,2H2,1H3. The Morgan fingerprint density at radius 1 is 1.22 bits per heavy atom. The van der Waals surface area contributed by atoms with Gasteiger partial charge < -0.3 is 4.74 Å². The molecule has 0 fully saturated rings. The van der Waals surface area contributed by atoms with E-state index in [0.717, 1.165) is 17.0 Å². The van der Waals surface area contributed by atoms with Gasteiger partial charge in [0.2, 0.25) is 5.78 Å². The van der Waals surface area contributed by atoms with Gasteiger partial charge in [0, 0.05) is 24.2 Å². The number of hydrogen-bond acceptors (Lipinski definition) is 3. The van der Waals surface area contributed by atoms with E-state index < -0.39 is 0 Å². The summed E-state index contributed by atoms with van der Waals surface area (Å²) >= 11 is 0. The highest BCUT2D eigenvalue weighted by atomic mass is 16.5. The zero-order chi connectivity index (χ0) is 12.4. The van der Waals surface area contributed by atoms with Crippen LogP contribution in [0.3, 0.4) is 0 Å². The molecule has 3 rings (SSSR count). The minimum Gasteiger partial charge on any atom is -0.493 e. The largest absolute Gasteiger partial charge is 0.493 e. The van der Waals surface area contributed by atoms with Crippen LogP contribution in [0.15, 0.2) is 48.9 Å². The third-order valence-corrected chi connectivity index (χ3v) is 2.70. The van der Waals surface area contributed by atoms with Crippen LogP contribution in [0.2, 0.25) is 0 Å². The van der Waals surface area contributed by atoms with Crippen LogP contribution in [0.25, 0.3) is 17.0 Å². The van der Waals surface area contributed by atoms with Crippen molar-refractivity contribution < 1.29 is 4.74 Å². The molecule has 0 unspecified atom stereocenters. The third-order valence-electron chi connectivity index (χ3n) is 2.70. The Hall–Kier alpha value is -2.36. The highest BCUT2D eigenvalue weighted by Crippen LogP contribution is 2.28. The van der Waals surface area contributed by atoms with Gasteiger partial charge in [0.15, 0.2) is 0 Å². The molecule has 0 radical (unpaired) electrons. The van der Waals surface area contributed by atoms with Gasteiger partial charge in [-0.15, -0.1) is 0 Å². The first-order valence-corrected chi connectivity index (χ1v) is 5.90. The average molecular weight is 239 g/mol. The Bertz CT molecular complexity index is 642. The Morgan fingerprint density at radius 2 is 2.11 bits per heavy atom. The Balaban J connectivity index is 2.13. The van der Waals surface area contributed by atoms with E-state index in [4.69, 9.17) is 4.74 Å². The van der Waals surface area contributed by atoms with Crippen molar-refractivity contribution in [2.45, 2.75) is 6.92 Å². The molecule has 0 aliphatic carbocycles. The third kappa shape index (κ3) is 1.82. The van der Waals surface area contributed by atoms with Crippen molar-refractivity contribution in [3.8, 4) is 17.0 Å². The second-order valence-electron chi connectivity index (χ2n) is 3.88. The summed E-state index contributed by atoms with van der Waals surface area (Å²) in [7, 11) is 0. The summed E-state index contributed by atoms with van der Waals surface area (Å²) in [5.74, 6) is 1.54. The number of para-hydroxylation sites is 1. The van der Waals surface area contributed by atoms with E-state index in [1.54, 1.807) is 6.20 Å². The first-order valence-electron chi connectivity index (χ1n) is 5.90. The van der Waals surface area contributed by atoms with Crippen LogP contribution in [0.4, 0.5) is 0 Å². The molecule has 0 aliphatic rings.